The van der Waals surface area contributed by atoms with E-state index in [0.29, 0.717) is 11.3 Å². The third-order valence-electron chi connectivity index (χ3n) is 2.89. The fraction of sp³-hybridized carbons (Fsp3) is 0.200. The Balaban J connectivity index is 2.06. The van der Waals surface area contributed by atoms with Gasteiger partial charge < -0.3 is 5.11 Å². The molecule has 0 aliphatic carbocycles. The summed E-state index contributed by atoms with van der Waals surface area (Å²) < 4.78 is 26.5. The van der Waals surface area contributed by atoms with Gasteiger partial charge in [-0.3, -0.25) is 4.72 Å². The first-order valence-corrected chi connectivity index (χ1v) is 7.92. The molecule has 0 amide bonds. The van der Waals surface area contributed by atoms with Crippen molar-refractivity contribution in [3.8, 4) is 0 Å². The predicted octanol–water partition coefficient (Wildman–Crippen LogP) is 2.47. The second kappa shape index (κ2) is 6.07. The van der Waals surface area contributed by atoms with Crippen LogP contribution in [0.3, 0.4) is 0 Å². The molecule has 0 aliphatic rings. The van der Waals surface area contributed by atoms with Crippen LogP contribution in [0.1, 0.15) is 17.2 Å². The molecule has 2 rings (SSSR count). The summed E-state index contributed by atoms with van der Waals surface area (Å²) in [5, 5.41) is 9.96. The van der Waals surface area contributed by atoms with Gasteiger partial charge in [0.05, 0.1) is 11.9 Å². The summed E-state index contributed by atoms with van der Waals surface area (Å²) in [5.41, 5.74) is 2.13. The normalized spacial score (nSPS) is 12.9. The van der Waals surface area contributed by atoms with Gasteiger partial charge in [0.15, 0.2) is 0 Å². The van der Waals surface area contributed by atoms with E-state index in [4.69, 9.17) is 0 Å². The fourth-order valence-corrected chi connectivity index (χ4v) is 3.01. The average molecular weight is 291 g/mol. The van der Waals surface area contributed by atoms with E-state index in [-0.39, 0.29) is 5.75 Å². The molecule has 0 aliphatic heterocycles. The molecule has 0 spiro atoms. The molecule has 0 saturated heterocycles. The van der Waals surface area contributed by atoms with Gasteiger partial charge in [-0.05, 0) is 24.6 Å². The first-order valence-electron chi connectivity index (χ1n) is 6.26. The summed E-state index contributed by atoms with van der Waals surface area (Å²) in [6.07, 6.45) is -1.04. The Bertz CT molecular complexity index is 651. The number of nitrogens with one attached hydrogen (secondary N) is 1. The lowest BCUT2D eigenvalue weighted by Crippen LogP contribution is -2.21. The molecule has 0 saturated carbocycles. The lowest BCUT2D eigenvalue weighted by Gasteiger charge is -2.13. The number of anilines is 1. The quantitative estimate of drug-likeness (QED) is 0.889. The van der Waals surface area contributed by atoms with Crippen LogP contribution in [0, 0.1) is 6.92 Å². The van der Waals surface area contributed by atoms with Crippen molar-refractivity contribution in [1.29, 1.82) is 0 Å². The number of sulfonamides is 1. The zero-order valence-corrected chi connectivity index (χ0v) is 12.0. The Kier molecular flexibility index (Phi) is 4.42. The lowest BCUT2D eigenvalue weighted by atomic mass is 10.1. The van der Waals surface area contributed by atoms with Gasteiger partial charge in [-0.2, -0.15) is 0 Å². The highest BCUT2D eigenvalue weighted by molar-refractivity contribution is 7.92. The summed E-state index contributed by atoms with van der Waals surface area (Å²) in [4.78, 5) is 0. The molecule has 0 fully saturated rings. The van der Waals surface area contributed by atoms with E-state index >= 15 is 0 Å². The molecule has 2 N–H and O–H groups in total. The van der Waals surface area contributed by atoms with Gasteiger partial charge in [0.2, 0.25) is 10.0 Å². The van der Waals surface area contributed by atoms with E-state index in [1.165, 1.54) is 0 Å². The first kappa shape index (κ1) is 14.6. The second-order valence-electron chi connectivity index (χ2n) is 4.68. The van der Waals surface area contributed by atoms with E-state index < -0.39 is 16.1 Å². The molecular weight excluding hydrogens is 274 g/mol. The van der Waals surface area contributed by atoms with Crippen molar-refractivity contribution in [2.45, 2.75) is 13.0 Å². The first-order chi connectivity index (χ1) is 9.46. The van der Waals surface area contributed by atoms with Gasteiger partial charge in [0.1, 0.15) is 0 Å². The minimum Gasteiger partial charge on any atom is -0.387 e. The molecule has 2 aromatic rings. The molecular formula is C15H17NO3S. The van der Waals surface area contributed by atoms with E-state index in [2.05, 4.69) is 4.72 Å². The topological polar surface area (TPSA) is 66.4 Å². The molecule has 20 heavy (non-hydrogen) atoms. The van der Waals surface area contributed by atoms with Crippen molar-refractivity contribution < 1.29 is 13.5 Å². The predicted molar refractivity (Wildman–Crippen MR) is 80.0 cm³/mol. The van der Waals surface area contributed by atoms with Gasteiger partial charge in [-0.15, -0.1) is 0 Å². The molecule has 1 unspecified atom stereocenters. The summed E-state index contributed by atoms with van der Waals surface area (Å²) >= 11 is 0. The number of aliphatic hydroxyl groups excluding tert-OH is 1. The van der Waals surface area contributed by atoms with E-state index in [0.717, 1.165) is 5.56 Å². The Labute approximate surface area is 119 Å². The molecule has 4 nitrogen and oxygen atoms in total. The van der Waals surface area contributed by atoms with Gasteiger partial charge in [-0.1, -0.05) is 48.0 Å². The minimum atomic E-state index is -3.59. The molecule has 1 atom stereocenters. The van der Waals surface area contributed by atoms with Crippen LogP contribution in [-0.4, -0.2) is 19.3 Å². The van der Waals surface area contributed by atoms with Crippen LogP contribution in [0.25, 0.3) is 0 Å². The molecule has 0 heterocycles. The SMILES string of the molecule is Cc1ccc(NS(=O)(=O)CC(O)c2ccccc2)cc1. The maximum atomic E-state index is 12.0. The highest BCUT2D eigenvalue weighted by Gasteiger charge is 2.18. The molecule has 0 radical (unpaired) electrons. The Morgan fingerprint density at radius 3 is 2.25 bits per heavy atom. The standard InChI is InChI=1S/C15H17NO3S/c1-12-7-9-14(10-8-12)16-20(18,19)11-15(17)13-5-3-2-4-6-13/h2-10,15-17H,11H2,1H3. The number of hydrogen-bond acceptors (Lipinski definition) is 3. The zero-order chi connectivity index (χ0) is 14.6. The number of aliphatic hydroxyl groups is 1. The van der Waals surface area contributed by atoms with Gasteiger partial charge in [-0.25, -0.2) is 8.42 Å². The minimum absolute atomic E-state index is 0.370. The highest BCUT2D eigenvalue weighted by Crippen LogP contribution is 2.17. The zero-order valence-electron chi connectivity index (χ0n) is 11.2. The largest absolute Gasteiger partial charge is 0.387 e. The summed E-state index contributed by atoms with van der Waals surface area (Å²) in [5.74, 6) is -0.370. The van der Waals surface area contributed by atoms with Crippen LogP contribution < -0.4 is 4.72 Å². The number of rotatable bonds is 5. The smallest absolute Gasteiger partial charge is 0.235 e. The van der Waals surface area contributed by atoms with E-state index in [1.54, 1.807) is 36.4 Å². The maximum absolute atomic E-state index is 12.0. The molecule has 106 valence electrons. The fourth-order valence-electron chi connectivity index (χ4n) is 1.82. The molecule has 0 aromatic heterocycles. The van der Waals surface area contributed by atoms with Crippen LogP contribution in [0.2, 0.25) is 0 Å². The van der Waals surface area contributed by atoms with Gasteiger partial charge >= 0.3 is 0 Å². The molecule has 0 bridgehead atoms. The lowest BCUT2D eigenvalue weighted by molar-refractivity contribution is 0.202. The average Bonchev–Trinajstić information content (AvgIpc) is 2.41. The van der Waals surface area contributed by atoms with Gasteiger partial charge in [0.25, 0.3) is 0 Å². The second-order valence-corrected chi connectivity index (χ2v) is 6.44. The third kappa shape index (κ3) is 4.08. The van der Waals surface area contributed by atoms with Crippen LogP contribution in [0.5, 0.6) is 0 Å². The maximum Gasteiger partial charge on any atom is 0.235 e. The Morgan fingerprint density at radius 2 is 1.65 bits per heavy atom. The van der Waals surface area contributed by atoms with E-state index in [9.17, 15) is 13.5 Å². The van der Waals surface area contributed by atoms with Crippen LogP contribution in [-0.2, 0) is 10.0 Å². The van der Waals surface area contributed by atoms with Crippen LogP contribution in [0.15, 0.2) is 54.6 Å². The molecule has 5 heteroatoms. The van der Waals surface area contributed by atoms with Crippen molar-refractivity contribution >= 4 is 15.7 Å². The summed E-state index contributed by atoms with van der Waals surface area (Å²) in [6, 6.07) is 15.8. The summed E-state index contributed by atoms with van der Waals surface area (Å²) in [6.45, 7) is 1.93. The number of hydrogen-bond donors (Lipinski definition) is 2. The highest BCUT2D eigenvalue weighted by atomic mass is 32.2. The van der Waals surface area contributed by atoms with Gasteiger partial charge in [0, 0.05) is 5.69 Å². The van der Waals surface area contributed by atoms with E-state index in [1.807, 2.05) is 25.1 Å². The Hall–Kier alpha value is -1.85. The third-order valence-corrected chi connectivity index (χ3v) is 4.19. The van der Waals surface area contributed by atoms with Crippen molar-refractivity contribution in [3.05, 3.63) is 65.7 Å². The van der Waals surface area contributed by atoms with Crippen molar-refractivity contribution in [2.75, 3.05) is 10.5 Å². The van der Waals surface area contributed by atoms with Crippen molar-refractivity contribution in [3.63, 3.8) is 0 Å². The summed E-state index contributed by atoms with van der Waals surface area (Å²) in [7, 11) is -3.59. The monoisotopic (exact) mass is 291 g/mol. The number of benzene rings is 2. The Morgan fingerprint density at radius 1 is 1.05 bits per heavy atom. The van der Waals surface area contributed by atoms with Crippen molar-refractivity contribution in [1.82, 2.24) is 0 Å². The van der Waals surface area contributed by atoms with Crippen molar-refractivity contribution in [2.24, 2.45) is 0 Å². The van der Waals surface area contributed by atoms with Crippen LogP contribution in [0.4, 0.5) is 5.69 Å². The van der Waals surface area contributed by atoms with Crippen LogP contribution >= 0.6 is 0 Å². The molecule has 2 aromatic carbocycles. The number of aryl methyl sites for hydroxylation is 1.